The molecule has 0 saturated carbocycles. The van der Waals surface area contributed by atoms with Crippen molar-refractivity contribution in [2.75, 3.05) is 18.0 Å². The summed E-state index contributed by atoms with van der Waals surface area (Å²) in [5, 5.41) is 20.6. The number of hydrogen-bond donors (Lipinski definition) is 1. The van der Waals surface area contributed by atoms with Crippen LogP contribution in [0.15, 0.2) is 28.6 Å². The lowest BCUT2D eigenvalue weighted by molar-refractivity contribution is -0.129. The Bertz CT molecular complexity index is 866. The molecule has 6 nitrogen and oxygen atoms in total. The van der Waals surface area contributed by atoms with Gasteiger partial charge < -0.3 is 10.6 Å². The van der Waals surface area contributed by atoms with Crippen LogP contribution in [0.4, 0.5) is 5.82 Å². The number of nitriles is 2. The van der Waals surface area contributed by atoms with Crippen LogP contribution in [0, 0.1) is 22.7 Å². The van der Waals surface area contributed by atoms with Gasteiger partial charge in [0.25, 0.3) is 0 Å². The van der Waals surface area contributed by atoms with E-state index in [4.69, 9.17) is 11.0 Å². The molecule has 0 aliphatic carbocycles. The fourth-order valence-corrected chi connectivity index (χ4v) is 4.57. The Morgan fingerprint density at radius 1 is 1.44 bits per heavy atom. The zero-order chi connectivity index (χ0) is 17.8. The Labute approximate surface area is 153 Å². The minimum Gasteiger partial charge on any atom is -0.383 e. The summed E-state index contributed by atoms with van der Waals surface area (Å²) < 4.78 is 0. The minimum atomic E-state index is 0.0227. The monoisotopic (exact) mass is 369 g/mol. The standard InChI is InChI=1S/C17H15N5OS2/c18-8-11-7-12(9-19)17(21-16(11)20)25-10-15(23)22-5-1-3-13(22)14-4-2-6-24-14/h2,4,6-7,13H,1,3,5,10H2,(H2,20,21)/t13-/m1/s1. The molecule has 25 heavy (non-hydrogen) atoms. The predicted molar refractivity (Wildman–Crippen MR) is 96.8 cm³/mol. The zero-order valence-corrected chi connectivity index (χ0v) is 14.9. The lowest BCUT2D eigenvalue weighted by atomic mass is 10.2. The topological polar surface area (TPSA) is 107 Å². The van der Waals surface area contributed by atoms with Crippen molar-refractivity contribution in [2.24, 2.45) is 0 Å². The van der Waals surface area contributed by atoms with Gasteiger partial charge in [0, 0.05) is 11.4 Å². The molecule has 1 atom stereocenters. The number of nitrogens with two attached hydrogens (primary N) is 1. The molecule has 1 fully saturated rings. The van der Waals surface area contributed by atoms with E-state index in [1.807, 2.05) is 28.5 Å². The van der Waals surface area contributed by atoms with Crippen molar-refractivity contribution in [3.63, 3.8) is 0 Å². The minimum absolute atomic E-state index is 0.0227. The Kier molecular flexibility index (Phi) is 5.22. The molecule has 2 aromatic rings. The second-order valence-corrected chi connectivity index (χ2v) is 7.49. The van der Waals surface area contributed by atoms with Crippen molar-refractivity contribution in [3.8, 4) is 12.1 Å². The van der Waals surface area contributed by atoms with Gasteiger partial charge in [-0.15, -0.1) is 11.3 Å². The third-order valence-electron chi connectivity index (χ3n) is 4.04. The molecule has 0 spiro atoms. The van der Waals surface area contributed by atoms with Crippen LogP contribution < -0.4 is 5.73 Å². The van der Waals surface area contributed by atoms with Gasteiger partial charge in [-0.05, 0) is 30.4 Å². The van der Waals surface area contributed by atoms with Crippen LogP contribution in [-0.2, 0) is 4.79 Å². The second kappa shape index (κ2) is 7.56. The molecular weight excluding hydrogens is 354 g/mol. The number of rotatable bonds is 4. The van der Waals surface area contributed by atoms with Crippen LogP contribution >= 0.6 is 23.1 Å². The molecule has 0 aromatic carbocycles. The molecule has 1 aliphatic rings. The summed E-state index contributed by atoms with van der Waals surface area (Å²) in [5.74, 6) is 0.290. The lowest BCUT2D eigenvalue weighted by Crippen LogP contribution is -2.31. The number of carbonyl (C=O) groups excluding carboxylic acids is 1. The Hall–Kier alpha value is -2.55. The average molecular weight is 369 g/mol. The van der Waals surface area contributed by atoms with E-state index in [9.17, 15) is 10.1 Å². The first-order valence-electron chi connectivity index (χ1n) is 7.70. The summed E-state index contributed by atoms with van der Waals surface area (Å²) in [7, 11) is 0. The molecule has 1 saturated heterocycles. The van der Waals surface area contributed by atoms with Gasteiger partial charge in [-0.25, -0.2) is 4.98 Å². The smallest absolute Gasteiger partial charge is 0.233 e. The number of aromatic nitrogens is 1. The van der Waals surface area contributed by atoms with Crippen LogP contribution in [0.1, 0.15) is 34.9 Å². The van der Waals surface area contributed by atoms with Gasteiger partial charge in [0.15, 0.2) is 0 Å². The van der Waals surface area contributed by atoms with Crippen LogP contribution in [0.25, 0.3) is 0 Å². The Balaban J connectivity index is 1.72. The zero-order valence-electron chi connectivity index (χ0n) is 13.3. The molecule has 2 aromatic heterocycles. The Morgan fingerprint density at radius 2 is 2.24 bits per heavy atom. The molecule has 1 amide bonds. The number of anilines is 1. The number of pyridine rings is 1. The molecular formula is C17H15N5OS2. The van der Waals surface area contributed by atoms with Crippen LogP contribution in [-0.4, -0.2) is 28.1 Å². The molecule has 3 rings (SSSR count). The van der Waals surface area contributed by atoms with Gasteiger partial charge in [0.2, 0.25) is 5.91 Å². The predicted octanol–water partition coefficient (Wildman–Crippen LogP) is 2.92. The largest absolute Gasteiger partial charge is 0.383 e. The quantitative estimate of drug-likeness (QED) is 0.830. The van der Waals surface area contributed by atoms with Gasteiger partial charge in [-0.2, -0.15) is 10.5 Å². The fraction of sp³-hybridized carbons (Fsp3) is 0.294. The number of hydrogen-bond acceptors (Lipinski definition) is 7. The third kappa shape index (κ3) is 3.60. The summed E-state index contributed by atoms with van der Waals surface area (Å²) in [6.07, 6.45) is 1.97. The van der Waals surface area contributed by atoms with Crippen molar-refractivity contribution in [1.82, 2.24) is 9.88 Å². The summed E-state index contributed by atoms with van der Waals surface area (Å²) in [5.41, 5.74) is 6.15. The molecule has 0 radical (unpaired) electrons. The van der Waals surface area contributed by atoms with E-state index < -0.39 is 0 Å². The van der Waals surface area contributed by atoms with E-state index in [0.717, 1.165) is 19.4 Å². The first kappa shape index (κ1) is 17.3. The molecule has 3 heterocycles. The molecule has 126 valence electrons. The maximum atomic E-state index is 12.6. The highest BCUT2D eigenvalue weighted by Gasteiger charge is 2.30. The van der Waals surface area contributed by atoms with Gasteiger partial charge >= 0.3 is 0 Å². The first-order valence-corrected chi connectivity index (χ1v) is 9.57. The summed E-state index contributed by atoms with van der Waals surface area (Å²) in [6.45, 7) is 0.746. The SMILES string of the molecule is N#Cc1cc(C#N)c(SCC(=O)N2CCC[C@@H]2c2cccs2)nc1N. The highest BCUT2D eigenvalue weighted by Crippen LogP contribution is 2.35. The second-order valence-electron chi connectivity index (χ2n) is 5.55. The normalized spacial score (nSPS) is 16.4. The number of amides is 1. The van der Waals surface area contributed by atoms with Crippen molar-refractivity contribution < 1.29 is 4.79 Å². The Morgan fingerprint density at radius 3 is 2.92 bits per heavy atom. The van der Waals surface area contributed by atoms with Gasteiger partial charge in [0.05, 0.1) is 22.9 Å². The molecule has 1 aliphatic heterocycles. The van der Waals surface area contributed by atoms with Gasteiger partial charge in [-0.1, -0.05) is 17.8 Å². The van der Waals surface area contributed by atoms with Crippen molar-refractivity contribution in [2.45, 2.75) is 23.9 Å². The van der Waals surface area contributed by atoms with Crippen LogP contribution in [0.5, 0.6) is 0 Å². The highest BCUT2D eigenvalue weighted by atomic mass is 32.2. The van der Waals surface area contributed by atoms with Crippen molar-refractivity contribution in [3.05, 3.63) is 39.6 Å². The van der Waals surface area contributed by atoms with Gasteiger partial charge in [-0.3, -0.25) is 4.79 Å². The van der Waals surface area contributed by atoms with E-state index in [0.29, 0.717) is 5.03 Å². The van der Waals surface area contributed by atoms with E-state index in [1.54, 1.807) is 11.3 Å². The van der Waals surface area contributed by atoms with E-state index >= 15 is 0 Å². The van der Waals surface area contributed by atoms with Crippen molar-refractivity contribution >= 4 is 34.8 Å². The first-order chi connectivity index (χ1) is 12.1. The molecule has 0 bridgehead atoms. The number of likely N-dealkylation sites (tertiary alicyclic amines) is 1. The fourth-order valence-electron chi connectivity index (χ4n) is 2.84. The number of thiophene rings is 1. The van der Waals surface area contributed by atoms with E-state index in [1.165, 1.54) is 22.7 Å². The van der Waals surface area contributed by atoms with E-state index in [2.05, 4.69) is 11.1 Å². The van der Waals surface area contributed by atoms with Crippen LogP contribution in [0.2, 0.25) is 0 Å². The lowest BCUT2D eigenvalue weighted by Gasteiger charge is -2.23. The number of nitrogens with zero attached hydrogens (tertiary/aromatic N) is 4. The third-order valence-corrected chi connectivity index (χ3v) is 5.98. The average Bonchev–Trinajstić information content (AvgIpc) is 3.30. The van der Waals surface area contributed by atoms with Crippen molar-refractivity contribution in [1.29, 1.82) is 10.5 Å². The molecule has 8 heteroatoms. The maximum absolute atomic E-state index is 12.6. The van der Waals surface area contributed by atoms with Crippen LogP contribution in [0.3, 0.4) is 0 Å². The number of thioether (sulfide) groups is 1. The maximum Gasteiger partial charge on any atom is 0.233 e. The number of carbonyl (C=O) groups is 1. The summed E-state index contributed by atoms with van der Waals surface area (Å²) in [6, 6.07) is 9.53. The summed E-state index contributed by atoms with van der Waals surface area (Å²) in [4.78, 5) is 19.9. The summed E-state index contributed by atoms with van der Waals surface area (Å²) >= 11 is 2.85. The van der Waals surface area contributed by atoms with Gasteiger partial charge in [0.1, 0.15) is 23.0 Å². The van der Waals surface area contributed by atoms with E-state index in [-0.39, 0.29) is 34.6 Å². The highest BCUT2D eigenvalue weighted by molar-refractivity contribution is 8.00. The number of nitrogen functional groups attached to an aromatic ring is 1. The molecule has 2 N–H and O–H groups in total. The molecule has 0 unspecified atom stereocenters.